The zero-order valence-corrected chi connectivity index (χ0v) is 8.46. The van der Waals surface area contributed by atoms with Gasteiger partial charge in [-0.05, 0) is 18.4 Å². The Balaban J connectivity index is 2.23. The molecule has 0 N–H and O–H groups in total. The van der Waals surface area contributed by atoms with E-state index in [0.717, 1.165) is 0 Å². The van der Waals surface area contributed by atoms with Gasteiger partial charge in [0.05, 0.1) is 10.8 Å². The van der Waals surface area contributed by atoms with E-state index in [-0.39, 0.29) is 18.5 Å². The molecule has 0 radical (unpaired) electrons. The molecule has 0 aliphatic carbocycles. The summed E-state index contributed by atoms with van der Waals surface area (Å²) in [5.74, 6) is -1.40. The van der Waals surface area contributed by atoms with Crippen molar-refractivity contribution in [2.75, 3.05) is 13.0 Å². The second-order valence-electron chi connectivity index (χ2n) is 4.04. The quantitative estimate of drug-likeness (QED) is 0.666. The fraction of sp³-hybridized carbons (Fsp3) is 0.545. The number of pyridine rings is 1. The van der Waals surface area contributed by atoms with Gasteiger partial charge in [0, 0.05) is 37.2 Å². The van der Waals surface area contributed by atoms with E-state index in [1.54, 1.807) is 12.1 Å². The summed E-state index contributed by atoms with van der Waals surface area (Å²) in [4.78, 5) is 22.8. The van der Waals surface area contributed by atoms with Crippen molar-refractivity contribution >= 4 is 0 Å². The Hall–Kier alpha value is -1.65. The average molecular weight is 223 g/mol. The average Bonchev–Trinajstić information content (AvgIpc) is 2.37. The highest BCUT2D eigenvalue weighted by molar-refractivity contribution is 5.16. The van der Waals surface area contributed by atoms with Crippen LogP contribution in [0.5, 0.6) is 0 Å². The van der Waals surface area contributed by atoms with Gasteiger partial charge in [-0.3, -0.25) is 9.80 Å². The highest BCUT2D eigenvalue weighted by Crippen LogP contribution is 2.34. The molecule has 2 atom stereocenters. The topological polar surface area (TPSA) is 54.7 Å². The zero-order chi connectivity index (χ0) is 14.7. The Morgan fingerprint density at radius 3 is 3.12 bits per heavy atom. The monoisotopic (exact) mass is 223 g/mol. The molecule has 2 aliphatic heterocycles. The Bertz CT molecular complexity index is 630. The largest absolute Gasteiger partial charge is 0.312 e. The van der Waals surface area contributed by atoms with Crippen LogP contribution in [0.1, 0.15) is 23.5 Å². The molecule has 0 saturated carbocycles. The summed E-state index contributed by atoms with van der Waals surface area (Å²) in [6.45, 7) is -4.35. The number of fused-ring (bicyclic) bond motifs is 4. The van der Waals surface area contributed by atoms with Crippen LogP contribution in [0.4, 0.5) is 0 Å². The van der Waals surface area contributed by atoms with Crippen LogP contribution in [0.2, 0.25) is 0 Å². The lowest BCUT2D eigenvalue weighted by atomic mass is 9.84. The normalized spacial score (nSPS) is 37.4. The predicted molar refractivity (Wildman–Crippen MR) is 58.9 cm³/mol. The van der Waals surface area contributed by atoms with E-state index in [2.05, 4.69) is 5.29 Å². The third kappa shape index (κ3) is 1.35. The fourth-order valence-electron chi connectivity index (χ4n) is 2.35. The number of aromatic nitrogens is 1. The van der Waals surface area contributed by atoms with Gasteiger partial charge >= 0.3 is 0 Å². The standard InChI is InChI=1S/C11H13N3O2/c15-11-3-1-2-10-9-4-8(6-14(10)11)5-13(7-9)12-16/h1-3,8-9H,4-7H2/t8-,9+/m1/s1/i5D2,7D2. The molecule has 5 heteroatoms. The van der Waals surface area contributed by atoms with Gasteiger partial charge < -0.3 is 4.57 Å². The van der Waals surface area contributed by atoms with Crippen LogP contribution >= 0.6 is 0 Å². The van der Waals surface area contributed by atoms with Gasteiger partial charge in [-0.2, -0.15) is 0 Å². The third-order valence-corrected chi connectivity index (χ3v) is 3.03. The highest BCUT2D eigenvalue weighted by Gasteiger charge is 2.34. The number of nitroso groups, excluding NO2 is 1. The maximum Gasteiger partial charge on any atom is 0.250 e. The maximum absolute atomic E-state index is 11.9. The van der Waals surface area contributed by atoms with Gasteiger partial charge in [0.1, 0.15) is 0 Å². The molecular formula is C11H13N3O2. The molecule has 3 rings (SSSR count). The maximum atomic E-state index is 11.9. The van der Waals surface area contributed by atoms with E-state index in [0.29, 0.717) is 10.7 Å². The van der Waals surface area contributed by atoms with Crippen molar-refractivity contribution in [1.82, 2.24) is 9.58 Å². The molecule has 0 unspecified atom stereocenters. The number of rotatable bonds is 1. The van der Waals surface area contributed by atoms with Crippen molar-refractivity contribution in [1.29, 1.82) is 0 Å². The van der Waals surface area contributed by atoms with Gasteiger partial charge in [0.15, 0.2) is 0 Å². The van der Waals surface area contributed by atoms with Crippen LogP contribution in [-0.4, -0.2) is 22.6 Å². The van der Waals surface area contributed by atoms with Crippen molar-refractivity contribution < 1.29 is 5.48 Å². The summed E-state index contributed by atoms with van der Waals surface area (Å²) in [7, 11) is 0. The molecule has 2 bridgehead atoms. The molecule has 2 aliphatic rings. The second-order valence-corrected chi connectivity index (χ2v) is 4.04. The summed E-state index contributed by atoms with van der Waals surface area (Å²) >= 11 is 0. The molecular weight excluding hydrogens is 206 g/mol. The highest BCUT2D eigenvalue weighted by atomic mass is 16.3. The minimum absolute atomic E-state index is 0.126. The van der Waals surface area contributed by atoms with Crippen LogP contribution in [0.15, 0.2) is 28.3 Å². The third-order valence-electron chi connectivity index (χ3n) is 3.03. The molecule has 1 aromatic heterocycles. The Kier molecular flexibility index (Phi) is 1.33. The van der Waals surface area contributed by atoms with Crippen molar-refractivity contribution in [3.05, 3.63) is 39.2 Å². The van der Waals surface area contributed by atoms with Crippen LogP contribution in [0.25, 0.3) is 0 Å². The minimum atomic E-state index is -2.27. The fourth-order valence-corrected chi connectivity index (χ4v) is 2.35. The molecule has 5 nitrogen and oxygen atoms in total. The Morgan fingerprint density at radius 1 is 1.44 bits per heavy atom. The van der Waals surface area contributed by atoms with E-state index in [9.17, 15) is 9.70 Å². The lowest BCUT2D eigenvalue weighted by Gasteiger charge is -2.40. The van der Waals surface area contributed by atoms with Crippen LogP contribution in [-0.2, 0) is 6.54 Å². The number of hydrogen-bond donors (Lipinski definition) is 0. The summed E-state index contributed by atoms with van der Waals surface area (Å²) in [6, 6.07) is 4.56. The van der Waals surface area contributed by atoms with E-state index in [1.807, 2.05) is 0 Å². The summed E-state index contributed by atoms with van der Waals surface area (Å²) < 4.78 is 33.5. The van der Waals surface area contributed by atoms with Crippen molar-refractivity contribution in [2.24, 2.45) is 11.2 Å². The molecule has 1 saturated heterocycles. The molecule has 0 aromatic carbocycles. The summed E-state index contributed by atoms with van der Waals surface area (Å²) in [5.41, 5.74) is 0.208. The smallest absolute Gasteiger partial charge is 0.250 e. The molecule has 1 aromatic rings. The van der Waals surface area contributed by atoms with Crippen LogP contribution < -0.4 is 5.56 Å². The van der Waals surface area contributed by atoms with Crippen molar-refractivity contribution in [3.8, 4) is 0 Å². The van der Waals surface area contributed by atoms with E-state index in [1.165, 1.54) is 10.6 Å². The molecule has 3 heterocycles. The first kappa shape index (κ1) is 6.18. The van der Waals surface area contributed by atoms with E-state index < -0.39 is 24.8 Å². The van der Waals surface area contributed by atoms with Gasteiger partial charge in [-0.25, -0.2) is 0 Å². The molecule has 0 amide bonds. The van der Waals surface area contributed by atoms with Crippen LogP contribution in [0, 0.1) is 10.8 Å². The predicted octanol–water partition coefficient (Wildman–Crippen LogP) is 0.949. The molecule has 0 spiro atoms. The minimum Gasteiger partial charge on any atom is -0.312 e. The molecule has 16 heavy (non-hydrogen) atoms. The summed E-state index contributed by atoms with van der Waals surface area (Å²) in [5, 5.41) is 2.95. The number of piperidine rings is 1. The SMILES string of the molecule is [2H]C1([2H])[C@H]2C[C@H](c3cccc(=O)n3C2)C([2H])([2H])N1N=O. The van der Waals surface area contributed by atoms with Crippen molar-refractivity contribution in [3.63, 3.8) is 0 Å². The number of hydrogen-bond acceptors (Lipinski definition) is 3. The van der Waals surface area contributed by atoms with Crippen molar-refractivity contribution in [2.45, 2.75) is 18.9 Å². The lowest BCUT2D eigenvalue weighted by molar-refractivity contribution is 0.122. The zero-order valence-electron chi connectivity index (χ0n) is 12.5. The van der Waals surface area contributed by atoms with Gasteiger partial charge in [-0.1, -0.05) is 6.07 Å². The Morgan fingerprint density at radius 2 is 2.31 bits per heavy atom. The first-order valence-corrected chi connectivity index (χ1v) is 5.13. The summed E-state index contributed by atoms with van der Waals surface area (Å²) in [6.07, 6.45) is 0.246. The lowest BCUT2D eigenvalue weighted by Crippen LogP contribution is -2.44. The van der Waals surface area contributed by atoms with Crippen LogP contribution in [0.3, 0.4) is 0 Å². The molecule has 1 fully saturated rings. The first-order chi connectivity index (χ1) is 9.30. The van der Waals surface area contributed by atoms with E-state index in [4.69, 9.17) is 5.48 Å². The van der Waals surface area contributed by atoms with Gasteiger partial charge in [-0.15, -0.1) is 4.91 Å². The van der Waals surface area contributed by atoms with Gasteiger partial charge in [0.25, 0.3) is 5.56 Å². The van der Waals surface area contributed by atoms with Gasteiger partial charge in [0.2, 0.25) is 0 Å². The number of nitrogens with zero attached hydrogens (tertiary/aromatic N) is 3. The second kappa shape index (κ2) is 3.43. The Labute approximate surface area is 98.2 Å². The first-order valence-electron chi connectivity index (χ1n) is 7.13. The molecule has 84 valence electrons. The van der Waals surface area contributed by atoms with E-state index >= 15 is 0 Å².